The highest BCUT2D eigenvalue weighted by Gasteiger charge is 2.29. The predicted octanol–water partition coefficient (Wildman–Crippen LogP) is 1.33. The van der Waals surface area contributed by atoms with E-state index >= 15 is 0 Å². The second-order valence-electron chi connectivity index (χ2n) is 5.35. The van der Waals surface area contributed by atoms with Crippen molar-refractivity contribution in [1.29, 1.82) is 0 Å². The number of aromatic nitrogens is 4. The SMILES string of the molecule is CCCc1nnc(N2CC[C@@H](Nc3ncccn3)[C@H](O)C2)s1. The van der Waals surface area contributed by atoms with Gasteiger partial charge >= 0.3 is 0 Å². The Morgan fingerprint density at radius 3 is 2.91 bits per heavy atom. The summed E-state index contributed by atoms with van der Waals surface area (Å²) in [4.78, 5) is 10.4. The van der Waals surface area contributed by atoms with Gasteiger partial charge in [0.2, 0.25) is 11.1 Å². The standard InChI is InChI=1S/C14H20N6OS/c1-2-4-12-18-19-14(22-12)20-8-5-10(11(21)9-20)17-13-15-6-3-7-16-13/h3,6-7,10-11,21H,2,4-5,8-9H2,1H3,(H,15,16,17)/t10-,11-/m1/s1. The van der Waals surface area contributed by atoms with Crippen LogP contribution in [0.2, 0.25) is 0 Å². The van der Waals surface area contributed by atoms with Crippen molar-refractivity contribution in [2.24, 2.45) is 0 Å². The van der Waals surface area contributed by atoms with Crippen LogP contribution in [0.5, 0.6) is 0 Å². The molecule has 1 fully saturated rings. The molecule has 0 amide bonds. The summed E-state index contributed by atoms with van der Waals surface area (Å²) in [5.41, 5.74) is 0. The van der Waals surface area contributed by atoms with Crippen molar-refractivity contribution >= 4 is 22.4 Å². The highest BCUT2D eigenvalue weighted by Crippen LogP contribution is 2.25. The molecule has 0 unspecified atom stereocenters. The fourth-order valence-electron chi connectivity index (χ4n) is 2.50. The number of β-amino-alcohol motifs (C(OH)–C–C–N with tert-alkyl or cyclic N) is 1. The van der Waals surface area contributed by atoms with E-state index in [0.717, 1.165) is 35.9 Å². The Morgan fingerprint density at radius 1 is 1.36 bits per heavy atom. The molecule has 0 aliphatic carbocycles. The fourth-order valence-corrected chi connectivity index (χ4v) is 3.48. The van der Waals surface area contributed by atoms with Crippen LogP contribution in [-0.2, 0) is 6.42 Å². The second kappa shape index (κ2) is 6.97. The van der Waals surface area contributed by atoms with Crippen molar-refractivity contribution in [1.82, 2.24) is 20.2 Å². The van der Waals surface area contributed by atoms with E-state index < -0.39 is 6.10 Å². The Kier molecular flexibility index (Phi) is 4.79. The molecule has 7 nitrogen and oxygen atoms in total. The van der Waals surface area contributed by atoms with Crippen molar-refractivity contribution in [3.8, 4) is 0 Å². The summed E-state index contributed by atoms with van der Waals surface area (Å²) in [6, 6.07) is 1.73. The zero-order chi connectivity index (χ0) is 15.4. The lowest BCUT2D eigenvalue weighted by atomic mass is 10.0. The lowest BCUT2D eigenvalue weighted by Gasteiger charge is -2.35. The van der Waals surface area contributed by atoms with Crippen LogP contribution in [0.25, 0.3) is 0 Å². The first-order chi connectivity index (χ1) is 10.8. The molecule has 0 bridgehead atoms. The van der Waals surface area contributed by atoms with E-state index in [2.05, 4.69) is 37.3 Å². The third kappa shape index (κ3) is 3.50. The van der Waals surface area contributed by atoms with E-state index in [1.165, 1.54) is 0 Å². The quantitative estimate of drug-likeness (QED) is 0.859. The van der Waals surface area contributed by atoms with Gasteiger partial charge in [-0.1, -0.05) is 18.3 Å². The zero-order valence-corrected chi connectivity index (χ0v) is 13.3. The monoisotopic (exact) mass is 320 g/mol. The molecule has 0 radical (unpaired) electrons. The summed E-state index contributed by atoms with van der Waals surface area (Å²) in [5.74, 6) is 0.557. The highest BCUT2D eigenvalue weighted by atomic mass is 32.1. The molecule has 1 saturated heterocycles. The van der Waals surface area contributed by atoms with Crippen LogP contribution in [-0.4, -0.2) is 50.5 Å². The van der Waals surface area contributed by atoms with Gasteiger partial charge in [-0.05, 0) is 18.9 Å². The number of anilines is 2. The van der Waals surface area contributed by atoms with Crippen molar-refractivity contribution < 1.29 is 5.11 Å². The molecular formula is C14H20N6OS. The Labute approximate surface area is 133 Å². The lowest BCUT2D eigenvalue weighted by molar-refractivity contribution is 0.139. The van der Waals surface area contributed by atoms with Gasteiger partial charge in [0, 0.05) is 31.9 Å². The number of aliphatic hydroxyl groups excluding tert-OH is 1. The minimum atomic E-state index is -0.490. The van der Waals surface area contributed by atoms with E-state index in [0.29, 0.717) is 12.5 Å². The van der Waals surface area contributed by atoms with Crippen molar-refractivity contribution in [3.63, 3.8) is 0 Å². The number of nitrogens with zero attached hydrogens (tertiary/aromatic N) is 5. The van der Waals surface area contributed by atoms with E-state index in [-0.39, 0.29) is 6.04 Å². The first-order valence-corrected chi connectivity index (χ1v) is 8.37. The first-order valence-electron chi connectivity index (χ1n) is 7.55. The van der Waals surface area contributed by atoms with Gasteiger partial charge < -0.3 is 15.3 Å². The van der Waals surface area contributed by atoms with Gasteiger partial charge in [0.15, 0.2) is 0 Å². The molecule has 1 aliphatic heterocycles. The van der Waals surface area contributed by atoms with Crippen LogP contribution in [0.3, 0.4) is 0 Å². The third-order valence-electron chi connectivity index (χ3n) is 3.65. The Bertz CT molecular complexity index is 592. The average molecular weight is 320 g/mol. The molecule has 2 aromatic rings. The lowest BCUT2D eigenvalue weighted by Crippen LogP contribution is -2.50. The van der Waals surface area contributed by atoms with Gasteiger partial charge in [0.25, 0.3) is 0 Å². The molecule has 22 heavy (non-hydrogen) atoms. The molecule has 118 valence electrons. The minimum Gasteiger partial charge on any atom is -0.389 e. The average Bonchev–Trinajstić information content (AvgIpc) is 2.99. The molecule has 3 rings (SSSR count). The number of rotatable bonds is 5. The van der Waals surface area contributed by atoms with Gasteiger partial charge in [-0.3, -0.25) is 0 Å². The van der Waals surface area contributed by atoms with Crippen LogP contribution in [0, 0.1) is 0 Å². The van der Waals surface area contributed by atoms with Crippen molar-refractivity contribution in [3.05, 3.63) is 23.5 Å². The topological polar surface area (TPSA) is 87.1 Å². The van der Waals surface area contributed by atoms with E-state index in [9.17, 15) is 5.11 Å². The molecule has 0 saturated carbocycles. The summed E-state index contributed by atoms with van der Waals surface area (Å²) in [6.45, 7) is 3.52. The number of aryl methyl sites for hydroxylation is 1. The summed E-state index contributed by atoms with van der Waals surface area (Å²) in [5, 5.41) is 24.0. The zero-order valence-electron chi connectivity index (χ0n) is 12.5. The van der Waals surface area contributed by atoms with Crippen LogP contribution in [0.15, 0.2) is 18.5 Å². The van der Waals surface area contributed by atoms with Crippen LogP contribution in [0.4, 0.5) is 11.1 Å². The molecule has 2 atom stereocenters. The van der Waals surface area contributed by atoms with E-state index in [1.807, 2.05) is 0 Å². The largest absolute Gasteiger partial charge is 0.389 e. The maximum atomic E-state index is 10.4. The van der Waals surface area contributed by atoms with Crippen LogP contribution < -0.4 is 10.2 Å². The Balaban J connectivity index is 1.59. The maximum absolute atomic E-state index is 10.4. The molecule has 8 heteroatoms. The predicted molar refractivity (Wildman–Crippen MR) is 86.2 cm³/mol. The third-order valence-corrected chi connectivity index (χ3v) is 4.70. The summed E-state index contributed by atoms with van der Waals surface area (Å²) in [6.07, 6.45) is 5.73. The number of piperidine rings is 1. The second-order valence-corrected chi connectivity index (χ2v) is 6.39. The summed E-state index contributed by atoms with van der Waals surface area (Å²) < 4.78 is 0. The summed E-state index contributed by atoms with van der Waals surface area (Å²) >= 11 is 1.62. The number of hydrogen-bond donors (Lipinski definition) is 2. The normalized spacial score (nSPS) is 21.8. The van der Waals surface area contributed by atoms with Gasteiger partial charge in [0.05, 0.1) is 12.1 Å². The van der Waals surface area contributed by atoms with Crippen LogP contribution >= 0.6 is 11.3 Å². The van der Waals surface area contributed by atoms with E-state index in [1.54, 1.807) is 29.8 Å². The highest BCUT2D eigenvalue weighted by molar-refractivity contribution is 7.15. The minimum absolute atomic E-state index is 0.0401. The van der Waals surface area contributed by atoms with Gasteiger partial charge in [0.1, 0.15) is 5.01 Å². The number of aliphatic hydroxyl groups is 1. The fraction of sp³-hybridized carbons (Fsp3) is 0.571. The maximum Gasteiger partial charge on any atom is 0.222 e. The Hall–Kier alpha value is -1.80. The molecular weight excluding hydrogens is 300 g/mol. The number of hydrogen-bond acceptors (Lipinski definition) is 8. The van der Waals surface area contributed by atoms with Crippen molar-refractivity contribution in [2.45, 2.75) is 38.3 Å². The number of nitrogens with one attached hydrogen (secondary N) is 1. The Morgan fingerprint density at radius 2 is 2.18 bits per heavy atom. The van der Waals surface area contributed by atoms with Gasteiger partial charge in [-0.25, -0.2) is 9.97 Å². The molecule has 0 aromatic carbocycles. The smallest absolute Gasteiger partial charge is 0.222 e. The van der Waals surface area contributed by atoms with Gasteiger partial charge in [-0.15, -0.1) is 10.2 Å². The molecule has 3 heterocycles. The molecule has 2 N–H and O–H groups in total. The van der Waals surface area contributed by atoms with Gasteiger partial charge in [-0.2, -0.15) is 0 Å². The molecule has 1 aliphatic rings. The van der Waals surface area contributed by atoms with Crippen LogP contribution in [0.1, 0.15) is 24.8 Å². The molecule has 0 spiro atoms. The summed E-state index contributed by atoms with van der Waals surface area (Å²) in [7, 11) is 0. The van der Waals surface area contributed by atoms with E-state index in [4.69, 9.17) is 0 Å². The van der Waals surface area contributed by atoms with Crippen molar-refractivity contribution in [2.75, 3.05) is 23.3 Å². The molecule has 2 aromatic heterocycles. The first kappa shape index (κ1) is 15.1.